The summed E-state index contributed by atoms with van der Waals surface area (Å²) in [6, 6.07) is 9.79. The number of carbonyl (C=O) groups excluding carboxylic acids is 1. The molecule has 0 bridgehead atoms. The van der Waals surface area contributed by atoms with E-state index in [0.717, 1.165) is 15.7 Å². The Morgan fingerprint density at radius 3 is 2.52 bits per heavy atom. The van der Waals surface area contributed by atoms with Crippen LogP contribution in [0.1, 0.15) is 62.3 Å². The van der Waals surface area contributed by atoms with Gasteiger partial charge in [0.25, 0.3) is 5.91 Å². The number of benzene rings is 1. The zero-order chi connectivity index (χ0) is 17.2. The number of halogens is 1. The lowest BCUT2D eigenvalue weighted by Gasteiger charge is -2.23. The number of carbonyl (C=O) groups is 1. The number of hydrogen-bond acceptors (Lipinski definition) is 2. The summed E-state index contributed by atoms with van der Waals surface area (Å²) in [6.45, 7) is 11.0. The molecule has 0 saturated carbocycles. The molecule has 0 spiro atoms. The molecule has 0 unspecified atom stereocenters. The molecule has 2 rings (SSSR count). The van der Waals surface area contributed by atoms with E-state index >= 15 is 0 Å². The van der Waals surface area contributed by atoms with Crippen LogP contribution in [0.4, 0.5) is 0 Å². The van der Waals surface area contributed by atoms with Crippen LogP contribution in [0.15, 0.2) is 34.8 Å². The van der Waals surface area contributed by atoms with Crippen molar-refractivity contribution in [2.24, 2.45) is 0 Å². The van der Waals surface area contributed by atoms with Crippen molar-refractivity contribution in [2.75, 3.05) is 0 Å². The molecule has 23 heavy (non-hydrogen) atoms. The predicted molar refractivity (Wildman–Crippen MR) is 96.6 cm³/mol. The molecule has 4 nitrogen and oxygen atoms in total. The van der Waals surface area contributed by atoms with Crippen molar-refractivity contribution in [1.29, 1.82) is 0 Å². The minimum absolute atomic E-state index is 0.144. The van der Waals surface area contributed by atoms with Crippen molar-refractivity contribution in [2.45, 2.75) is 52.6 Å². The van der Waals surface area contributed by atoms with E-state index in [2.05, 4.69) is 61.0 Å². The Bertz CT molecular complexity index is 699. The van der Waals surface area contributed by atoms with Crippen LogP contribution in [0.5, 0.6) is 0 Å². The monoisotopic (exact) mass is 377 g/mol. The fraction of sp³-hybridized carbons (Fsp3) is 0.444. The van der Waals surface area contributed by atoms with Crippen molar-refractivity contribution in [3.8, 4) is 0 Å². The van der Waals surface area contributed by atoms with Crippen molar-refractivity contribution in [3.63, 3.8) is 0 Å². The summed E-state index contributed by atoms with van der Waals surface area (Å²) in [6.07, 6.45) is 0. The van der Waals surface area contributed by atoms with Crippen LogP contribution < -0.4 is 5.32 Å². The van der Waals surface area contributed by atoms with Crippen LogP contribution in [-0.4, -0.2) is 15.7 Å². The molecule has 0 atom stereocenters. The largest absolute Gasteiger partial charge is 0.347 e. The van der Waals surface area contributed by atoms with Gasteiger partial charge in [0.2, 0.25) is 0 Å². The maximum atomic E-state index is 12.4. The SMILES string of the molecule is CC(C)c1cc(C(=O)NCc2cccc(Br)c2)nn1C(C)(C)C. The second-order valence-corrected chi connectivity index (χ2v) is 7.92. The Balaban J connectivity index is 2.16. The molecule has 1 aromatic carbocycles. The highest BCUT2D eigenvalue weighted by Crippen LogP contribution is 2.23. The highest BCUT2D eigenvalue weighted by molar-refractivity contribution is 9.10. The minimum Gasteiger partial charge on any atom is -0.347 e. The first-order valence-electron chi connectivity index (χ1n) is 7.81. The van der Waals surface area contributed by atoms with Crippen LogP contribution in [0.25, 0.3) is 0 Å². The summed E-state index contributed by atoms with van der Waals surface area (Å²) < 4.78 is 2.95. The second-order valence-electron chi connectivity index (χ2n) is 7.00. The number of rotatable bonds is 4. The molecule has 0 aliphatic carbocycles. The zero-order valence-corrected chi connectivity index (χ0v) is 15.9. The fourth-order valence-electron chi connectivity index (χ4n) is 2.37. The molecule has 1 N–H and O–H groups in total. The summed E-state index contributed by atoms with van der Waals surface area (Å²) in [5, 5.41) is 7.47. The van der Waals surface area contributed by atoms with Gasteiger partial charge in [0.15, 0.2) is 0 Å². The lowest BCUT2D eigenvalue weighted by Crippen LogP contribution is -2.27. The Morgan fingerprint density at radius 2 is 2.00 bits per heavy atom. The maximum Gasteiger partial charge on any atom is 0.272 e. The normalized spacial score (nSPS) is 11.8. The Morgan fingerprint density at radius 1 is 1.30 bits per heavy atom. The predicted octanol–water partition coefficient (Wildman–Crippen LogP) is 4.45. The second kappa shape index (κ2) is 6.87. The van der Waals surface area contributed by atoms with Crippen molar-refractivity contribution < 1.29 is 4.79 Å². The van der Waals surface area contributed by atoms with Crippen LogP contribution >= 0.6 is 15.9 Å². The third kappa shape index (κ3) is 4.44. The van der Waals surface area contributed by atoms with Gasteiger partial charge in [0, 0.05) is 16.7 Å². The standard InChI is InChI=1S/C18H24BrN3O/c1-12(2)16-10-15(21-22(16)18(3,4)5)17(23)20-11-13-7-6-8-14(19)9-13/h6-10,12H,11H2,1-5H3,(H,20,23). The zero-order valence-electron chi connectivity index (χ0n) is 14.4. The molecule has 5 heteroatoms. The third-order valence-electron chi connectivity index (χ3n) is 3.54. The smallest absolute Gasteiger partial charge is 0.272 e. The molecule has 1 aromatic heterocycles. The Hall–Kier alpha value is -1.62. The van der Waals surface area contributed by atoms with Gasteiger partial charge in [-0.1, -0.05) is 41.9 Å². The Kier molecular flexibility index (Phi) is 5.30. The molecule has 0 aliphatic heterocycles. The summed E-state index contributed by atoms with van der Waals surface area (Å²) in [7, 11) is 0. The topological polar surface area (TPSA) is 46.9 Å². The number of nitrogens with one attached hydrogen (secondary N) is 1. The molecule has 0 saturated heterocycles. The molecule has 0 radical (unpaired) electrons. The van der Waals surface area contributed by atoms with Gasteiger partial charge in [0.1, 0.15) is 5.69 Å². The number of hydrogen-bond donors (Lipinski definition) is 1. The summed E-state index contributed by atoms with van der Waals surface area (Å²) in [5.74, 6) is 0.170. The van der Waals surface area contributed by atoms with Gasteiger partial charge in [0.05, 0.1) is 5.54 Å². The first kappa shape index (κ1) is 17.7. The van der Waals surface area contributed by atoms with Crippen LogP contribution in [0, 0.1) is 0 Å². The molecule has 0 fully saturated rings. The molecule has 0 aliphatic rings. The highest BCUT2D eigenvalue weighted by atomic mass is 79.9. The Labute approximate surface area is 146 Å². The molecular formula is C18H24BrN3O. The van der Waals surface area contributed by atoms with E-state index in [1.165, 1.54) is 0 Å². The summed E-state index contributed by atoms with van der Waals surface area (Å²) >= 11 is 3.44. The van der Waals surface area contributed by atoms with E-state index in [0.29, 0.717) is 18.2 Å². The molecule has 1 heterocycles. The van der Waals surface area contributed by atoms with Gasteiger partial charge >= 0.3 is 0 Å². The average Bonchev–Trinajstić information content (AvgIpc) is 2.90. The average molecular weight is 378 g/mol. The summed E-state index contributed by atoms with van der Waals surface area (Å²) in [5.41, 5.74) is 2.44. The van der Waals surface area contributed by atoms with E-state index in [1.54, 1.807) is 0 Å². The third-order valence-corrected chi connectivity index (χ3v) is 4.03. The van der Waals surface area contributed by atoms with Gasteiger partial charge in [-0.15, -0.1) is 0 Å². The van der Waals surface area contributed by atoms with Crippen LogP contribution in [0.3, 0.4) is 0 Å². The highest BCUT2D eigenvalue weighted by Gasteiger charge is 2.23. The van der Waals surface area contributed by atoms with E-state index in [4.69, 9.17) is 0 Å². The lowest BCUT2D eigenvalue weighted by atomic mass is 10.1. The van der Waals surface area contributed by atoms with E-state index in [-0.39, 0.29) is 11.4 Å². The van der Waals surface area contributed by atoms with E-state index in [1.807, 2.05) is 35.0 Å². The van der Waals surface area contributed by atoms with Crippen molar-refractivity contribution >= 4 is 21.8 Å². The first-order valence-corrected chi connectivity index (χ1v) is 8.61. The molecular weight excluding hydrogens is 354 g/mol. The number of aromatic nitrogens is 2. The van der Waals surface area contributed by atoms with Gasteiger partial charge in [-0.25, -0.2) is 0 Å². The van der Waals surface area contributed by atoms with Crippen LogP contribution in [-0.2, 0) is 12.1 Å². The fourth-order valence-corrected chi connectivity index (χ4v) is 2.82. The molecule has 1 amide bonds. The van der Waals surface area contributed by atoms with E-state index < -0.39 is 0 Å². The minimum atomic E-state index is -0.150. The lowest BCUT2D eigenvalue weighted by molar-refractivity contribution is 0.0944. The van der Waals surface area contributed by atoms with Gasteiger partial charge in [-0.3, -0.25) is 9.48 Å². The number of nitrogens with zero attached hydrogens (tertiary/aromatic N) is 2. The van der Waals surface area contributed by atoms with E-state index in [9.17, 15) is 4.79 Å². The maximum absolute atomic E-state index is 12.4. The van der Waals surface area contributed by atoms with Crippen LogP contribution in [0.2, 0.25) is 0 Å². The first-order chi connectivity index (χ1) is 10.7. The number of amides is 1. The van der Waals surface area contributed by atoms with Gasteiger partial charge in [-0.05, 0) is 50.5 Å². The molecule has 124 valence electrons. The quantitative estimate of drug-likeness (QED) is 0.854. The van der Waals surface area contributed by atoms with Crippen molar-refractivity contribution in [3.05, 3.63) is 51.8 Å². The van der Waals surface area contributed by atoms with Gasteiger partial charge < -0.3 is 5.32 Å². The summed E-state index contributed by atoms with van der Waals surface area (Å²) in [4.78, 5) is 12.4. The van der Waals surface area contributed by atoms with Gasteiger partial charge in [-0.2, -0.15) is 5.10 Å². The molecule has 2 aromatic rings. The van der Waals surface area contributed by atoms with Crippen molar-refractivity contribution in [1.82, 2.24) is 15.1 Å².